The first-order valence-corrected chi connectivity index (χ1v) is 14.8. The maximum absolute atomic E-state index is 15.2. The van der Waals surface area contributed by atoms with Gasteiger partial charge >= 0.3 is 12.5 Å². The van der Waals surface area contributed by atoms with Gasteiger partial charge in [0.1, 0.15) is 28.8 Å². The minimum absolute atomic E-state index is 0.141. The highest BCUT2D eigenvalue weighted by Gasteiger charge is 2.42. The molecule has 5 rings (SSSR count). The average Bonchev–Trinajstić information content (AvgIpc) is 2.98. The van der Waals surface area contributed by atoms with Crippen LogP contribution in [0.4, 0.5) is 39.5 Å². The summed E-state index contributed by atoms with van der Waals surface area (Å²) in [7, 11) is 0. The monoisotopic (exact) mass is 652 g/mol. The predicted octanol–water partition coefficient (Wildman–Crippen LogP) is 11.7. The fraction of sp³-hybridized carbons (Fsp3) is 0.314. The maximum Gasteiger partial charge on any atom is 0.573 e. The number of hydrogen-bond donors (Lipinski definition) is 0. The van der Waals surface area contributed by atoms with E-state index < -0.39 is 52.8 Å². The van der Waals surface area contributed by atoms with Crippen molar-refractivity contribution in [3.63, 3.8) is 0 Å². The zero-order valence-electron chi connectivity index (χ0n) is 24.5. The van der Waals surface area contributed by atoms with Crippen LogP contribution in [0.5, 0.6) is 11.5 Å². The van der Waals surface area contributed by atoms with Gasteiger partial charge in [0.2, 0.25) is 0 Å². The van der Waals surface area contributed by atoms with Gasteiger partial charge in [-0.25, -0.2) is 17.6 Å². The van der Waals surface area contributed by atoms with Crippen LogP contribution in [0.2, 0.25) is 0 Å². The number of ether oxygens (including phenoxy) is 2. The first kappa shape index (κ1) is 33.2. The Hall–Kier alpha value is -4.15. The van der Waals surface area contributed by atoms with Crippen LogP contribution < -0.4 is 9.47 Å². The topological polar surface area (TPSA) is 18.5 Å². The Labute approximate surface area is 259 Å². The lowest BCUT2D eigenvalue weighted by Gasteiger charge is -2.28. The van der Waals surface area contributed by atoms with E-state index in [-0.39, 0.29) is 17.2 Å². The molecule has 0 heterocycles. The van der Waals surface area contributed by atoms with Crippen LogP contribution >= 0.6 is 0 Å². The third-order valence-electron chi connectivity index (χ3n) is 8.25. The van der Waals surface area contributed by atoms with Crippen molar-refractivity contribution in [2.75, 3.05) is 0 Å². The molecule has 4 aromatic rings. The fourth-order valence-corrected chi connectivity index (χ4v) is 6.03. The van der Waals surface area contributed by atoms with Gasteiger partial charge in [-0.15, -0.1) is 13.2 Å². The number of rotatable bonds is 9. The minimum Gasteiger partial charge on any atom is -0.429 e. The van der Waals surface area contributed by atoms with Gasteiger partial charge in [0.15, 0.2) is 11.6 Å². The molecule has 0 unspecified atom stereocenters. The van der Waals surface area contributed by atoms with E-state index >= 15 is 4.39 Å². The van der Waals surface area contributed by atoms with Gasteiger partial charge in [-0.2, -0.15) is 8.78 Å². The molecule has 0 amide bonds. The fourth-order valence-electron chi connectivity index (χ4n) is 6.03. The summed E-state index contributed by atoms with van der Waals surface area (Å²) >= 11 is 0. The Morgan fingerprint density at radius 2 is 1.24 bits per heavy atom. The summed E-state index contributed by atoms with van der Waals surface area (Å²) in [5.74, 6) is -7.23. The average molecular weight is 653 g/mol. The van der Waals surface area contributed by atoms with Crippen LogP contribution in [0, 0.1) is 29.2 Å². The quantitative estimate of drug-likeness (QED) is 0.168. The van der Waals surface area contributed by atoms with Gasteiger partial charge < -0.3 is 9.47 Å². The molecule has 1 fully saturated rings. The lowest BCUT2D eigenvalue weighted by Crippen LogP contribution is -2.25. The Morgan fingerprint density at radius 3 is 1.80 bits per heavy atom. The first-order chi connectivity index (χ1) is 21.7. The molecule has 0 saturated heterocycles. The molecule has 0 N–H and O–H groups in total. The SMILES string of the molecule is CCCC1CCC(c2ccc(-c3ccc(-c4cc(F)c(C(F)(F)Oc5ccc(OC(F)(F)F)c(F)c5)c(F)c4)c(F)c3)cc2)CC1. The number of alkyl halides is 5. The van der Waals surface area contributed by atoms with E-state index in [2.05, 4.69) is 16.4 Å². The number of benzene rings is 4. The molecule has 244 valence electrons. The van der Waals surface area contributed by atoms with Crippen LogP contribution in [0.1, 0.15) is 62.5 Å². The van der Waals surface area contributed by atoms with Gasteiger partial charge in [-0.1, -0.05) is 56.2 Å². The highest BCUT2D eigenvalue weighted by Crippen LogP contribution is 2.40. The zero-order chi connectivity index (χ0) is 33.2. The molecule has 0 radical (unpaired) electrons. The molecule has 46 heavy (non-hydrogen) atoms. The van der Waals surface area contributed by atoms with Gasteiger partial charge in [0, 0.05) is 11.6 Å². The van der Waals surface area contributed by atoms with Crippen LogP contribution in [-0.2, 0) is 6.11 Å². The van der Waals surface area contributed by atoms with E-state index in [1.54, 1.807) is 6.07 Å². The largest absolute Gasteiger partial charge is 0.573 e. The Balaban J connectivity index is 1.31. The molecule has 0 bridgehead atoms. The lowest BCUT2D eigenvalue weighted by atomic mass is 9.77. The highest BCUT2D eigenvalue weighted by atomic mass is 19.4. The van der Waals surface area contributed by atoms with Crippen LogP contribution in [0.15, 0.2) is 72.8 Å². The molecule has 0 aromatic heterocycles. The first-order valence-electron chi connectivity index (χ1n) is 14.8. The number of hydrogen-bond acceptors (Lipinski definition) is 2. The second kappa shape index (κ2) is 13.3. The second-order valence-corrected chi connectivity index (χ2v) is 11.4. The summed E-state index contributed by atoms with van der Waals surface area (Å²) in [6.07, 6.45) is -2.86. The van der Waals surface area contributed by atoms with Gasteiger partial charge in [-0.05, 0) is 90.1 Å². The highest BCUT2D eigenvalue weighted by molar-refractivity contribution is 5.71. The standard InChI is InChI=1S/C35H29F9O2/c1-2-3-20-4-6-21(7-5-20)22-8-10-23(11-9-22)24-12-14-27(28(36)16-24)25-17-30(38)33(31(39)18-25)34(40,41)45-26-13-15-32(29(37)19-26)46-35(42,43)44/h8-21H,2-7H2,1H3. The molecule has 0 aliphatic heterocycles. The van der Waals surface area contributed by atoms with E-state index in [0.717, 1.165) is 24.3 Å². The summed E-state index contributed by atoms with van der Waals surface area (Å²) in [5.41, 5.74) is -0.0143. The Kier molecular flexibility index (Phi) is 9.60. The third kappa shape index (κ3) is 7.62. The van der Waals surface area contributed by atoms with E-state index in [1.165, 1.54) is 43.4 Å². The molecule has 2 nitrogen and oxygen atoms in total. The molecule has 4 aromatic carbocycles. The van der Waals surface area contributed by atoms with Gasteiger partial charge in [0.05, 0.1) is 0 Å². The molecular formula is C35H29F9O2. The van der Waals surface area contributed by atoms with Gasteiger partial charge in [-0.3, -0.25) is 0 Å². The van der Waals surface area contributed by atoms with E-state index in [0.29, 0.717) is 35.7 Å². The van der Waals surface area contributed by atoms with Crippen molar-refractivity contribution in [2.24, 2.45) is 5.92 Å². The van der Waals surface area contributed by atoms with Crippen molar-refractivity contribution in [1.29, 1.82) is 0 Å². The normalized spacial score (nSPS) is 17.2. The Morgan fingerprint density at radius 1 is 0.630 bits per heavy atom. The van der Waals surface area contributed by atoms with Crippen LogP contribution in [0.25, 0.3) is 22.3 Å². The van der Waals surface area contributed by atoms with Crippen LogP contribution in [0.3, 0.4) is 0 Å². The molecule has 1 saturated carbocycles. The van der Waals surface area contributed by atoms with Crippen molar-refractivity contribution in [3.8, 4) is 33.8 Å². The van der Waals surface area contributed by atoms with Crippen LogP contribution in [-0.4, -0.2) is 6.36 Å². The van der Waals surface area contributed by atoms with Crippen molar-refractivity contribution in [2.45, 2.75) is 63.8 Å². The maximum atomic E-state index is 15.2. The van der Waals surface area contributed by atoms with Crippen molar-refractivity contribution < 1.29 is 49.0 Å². The summed E-state index contributed by atoms with van der Waals surface area (Å²) < 4.78 is 133. The predicted molar refractivity (Wildman–Crippen MR) is 154 cm³/mol. The van der Waals surface area contributed by atoms with Crippen molar-refractivity contribution in [1.82, 2.24) is 0 Å². The molecule has 1 aliphatic rings. The molecule has 0 atom stereocenters. The Bertz CT molecular complexity index is 1650. The van der Waals surface area contributed by atoms with Gasteiger partial charge in [0.25, 0.3) is 0 Å². The van der Waals surface area contributed by atoms with E-state index in [1.807, 2.05) is 24.3 Å². The van der Waals surface area contributed by atoms with E-state index in [4.69, 9.17) is 0 Å². The van der Waals surface area contributed by atoms with Crippen molar-refractivity contribution >= 4 is 0 Å². The minimum atomic E-state index is -5.25. The smallest absolute Gasteiger partial charge is 0.429 e. The number of halogens is 9. The molecule has 11 heteroatoms. The summed E-state index contributed by atoms with van der Waals surface area (Å²) in [6, 6.07) is 13.8. The summed E-state index contributed by atoms with van der Waals surface area (Å²) in [5, 5.41) is 0. The summed E-state index contributed by atoms with van der Waals surface area (Å²) in [4.78, 5) is 0. The van der Waals surface area contributed by atoms with E-state index in [9.17, 15) is 35.1 Å². The molecular weight excluding hydrogens is 623 g/mol. The van der Waals surface area contributed by atoms with Crippen molar-refractivity contribution in [3.05, 3.63) is 107 Å². The third-order valence-corrected chi connectivity index (χ3v) is 8.25. The molecule has 0 spiro atoms. The summed E-state index contributed by atoms with van der Waals surface area (Å²) in [6.45, 7) is 2.20. The molecule has 1 aliphatic carbocycles. The zero-order valence-corrected chi connectivity index (χ0v) is 24.5. The second-order valence-electron chi connectivity index (χ2n) is 11.4. The lowest BCUT2D eigenvalue weighted by molar-refractivity contribution is -0.275.